The number of amides is 1. The third kappa shape index (κ3) is 2.34. The molecule has 130 valence electrons. The van der Waals surface area contributed by atoms with E-state index < -0.39 is 5.97 Å². The third-order valence-corrected chi connectivity index (χ3v) is 5.21. The first-order chi connectivity index (χ1) is 13.3. The number of anilines is 1. The number of carbonyl (C=O) groups is 2. The largest absolute Gasteiger partial charge is 0.420 e. The number of esters is 1. The molecule has 0 bridgehead atoms. The van der Waals surface area contributed by atoms with E-state index in [0.29, 0.717) is 38.9 Å². The number of hydrogen-bond donors (Lipinski definition) is 0. The van der Waals surface area contributed by atoms with Crippen molar-refractivity contribution in [1.82, 2.24) is 4.98 Å². The second-order valence-corrected chi connectivity index (χ2v) is 6.88. The van der Waals surface area contributed by atoms with E-state index in [9.17, 15) is 9.59 Å². The first kappa shape index (κ1) is 15.7. The summed E-state index contributed by atoms with van der Waals surface area (Å²) in [6, 6.07) is 18.5. The molecule has 0 unspecified atom stereocenters. The molecular weight excluding hydrogens is 360 g/mol. The van der Waals surface area contributed by atoms with Gasteiger partial charge >= 0.3 is 5.97 Å². The van der Waals surface area contributed by atoms with Gasteiger partial charge in [-0.15, -0.1) is 11.3 Å². The molecule has 27 heavy (non-hydrogen) atoms. The van der Waals surface area contributed by atoms with Crippen molar-refractivity contribution in [3.05, 3.63) is 94.8 Å². The van der Waals surface area contributed by atoms with Crippen molar-refractivity contribution in [2.45, 2.75) is 0 Å². The van der Waals surface area contributed by atoms with Gasteiger partial charge in [-0.05, 0) is 11.1 Å². The molecule has 2 aliphatic rings. The van der Waals surface area contributed by atoms with E-state index in [1.165, 1.54) is 16.2 Å². The summed E-state index contributed by atoms with van der Waals surface area (Å²) in [5, 5.41) is 2.30. The molecule has 0 saturated heterocycles. The fourth-order valence-electron chi connectivity index (χ4n) is 3.32. The van der Waals surface area contributed by atoms with Gasteiger partial charge in [-0.2, -0.15) is 0 Å². The minimum atomic E-state index is -0.464. The molecule has 6 heteroatoms. The molecule has 1 amide bonds. The second-order valence-electron chi connectivity index (χ2n) is 6.00. The Kier molecular flexibility index (Phi) is 3.51. The van der Waals surface area contributed by atoms with E-state index in [2.05, 4.69) is 4.98 Å². The first-order valence-electron chi connectivity index (χ1n) is 8.31. The quantitative estimate of drug-likeness (QED) is 0.655. The molecule has 2 aromatic carbocycles. The van der Waals surface area contributed by atoms with Crippen molar-refractivity contribution in [2.24, 2.45) is 0 Å². The van der Waals surface area contributed by atoms with Crippen molar-refractivity contribution in [3.63, 3.8) is 0 Å². The summed E-state index contributed by atoms with van der Waals surface area (Å²) in [5.41, 5.74) is 2.62. The van der Waals surface area contributed by atoms with Gasteiger partial charge < -0.3 is 4.74 Å². The van der Waals surface area contributed by atoms with Gasteiger partial charge in [0.05, 0.1) is 11.1 Å². The molecule has 5 nitrogen and oxygen atoms in total. The van der Waals surface area contributed by atoms with Gasteiger partial charge in [0.15, 0.2) is 10.9 Å². The highest BCUT2D eigenvalue weighted by molar-refractivity contribution is 7.14. The van der Waals surface area contributed by atoms with Crippen molar-refractivity contribution < 1.29 is 14.3 Å². The summed E-state index contributed by atoms with van der Waals surface area (Å²) in [5.74, 6) is -0.416. The van der Waals surface area contributed by atoms with Crippen LogP contribution < -0.4 is 4.90 Å². The molecule has 0 saturated carbocycles. The van der Waals surface area contributed by atoms with Crippen molar-refractivity contribution in [1.29, 1.82) is 0 Å². The standard InChI is InChI=1S/C21H12N2O3S/c24-19-16(14-9-5-2-6-10-14)18-17(23(19)21-22-11-12-27-21)15(20(25)26-18)13-7-3-1-4-8-13/h1-12H. The van der Waals surface area contributed by atoms with Gasteiger partial charge in [0.25, 0.3) is 5.91 Å². The number of nitrogens with zero attached hydrogens (tertiary/aromatic N) is 2. The lowest BCUT2D eigenvalue weighted by molar-refractivity contribution is -0.131. The van der Waals surface area contributed by atoms with Gasteiger partial charge in [-0.25, -0.2) is 14.7 Å². The van der Waals surface area contributed by atoms with Crippen molar-refractivity contribution in [3.8, 4) is 0 Å². The molecule has 0 radical (unpaired) electrons. The SMILES string of the molecule is O=C1OC2=C(c3ccccc3)C(=O)N(c3nccs3)C2=C1c1ccccc1. The number of aromatic nitrogens is 1. The number of thiazole rings is 1. The highest BCUT2D eigenvalue weighted by atomic mass is 32.1. The number of rotatable bonds is 3. The summed E-state index contributed by atoms with van der Waals surface area (Å²) in [4.78, 5) is 31.8. The summed E-state index contributed by atoms with van der Waals surface area (Å²) < 4.78 is 5.60. The second kappa shape index (κ2) is 6.03. The Bertz CT molecular complexity index is 1120. The van der Waals surface area contributed by atoms with Crippen molar-refractivity contribution in [2.75, 3.05) is 4.90 Å². The van der Waals surface area contributed by atoms with Crippen LogP contribution in [0.3, 0.4) is 0 Å². The number of hydrogen-bond acceptors (Lipinski definition) is 5. The van der Waals surface area contributed by atoms with E-state index in [-0.39, 0.29) is 5.91 Å². The number of benzene rings is 2. The Balaban J connectivity index is 1.80. The Hall–Kier alpha value is -3.51. The molecule has 0 fully saturated rings. The molecule has 0 atom stereocenters. The lowest BCUT2D eigenvalue weighted by atomic mass is 10.0. The predicted octanol–water partition coefficient (Wildman–Crippen LogP) is 3.87. The van der Waals surface area contributed by atoms with Crippen LogP contribution in [-0.4, -0.2) is 16.9 Å². The van der Waals surface area contributed by atoms with Gasteiger partial charge in [0, 0.05) is 11.6 Å². The molecule has 5 rings (SSSR count). The molecule has 0 aliphatic carbocycles. The molecule has 1 aromatic heterocycles. The van der Waals surface area contributed by atoms with E-state index in [1.807, 2.05) is 60.7 Å². The summed E-state index contributed by atoms with van der Waals surface area (Å²) in [6.45, 7) is 0. The zero-order valence-electron chi connectivity index (χ0n) is 14.0. The average Bonchev–Trinajstić information content (AvgIpc) is 3.38. The van der Waals surface area contributed by atoms with Crippen LogP contribution >= 0.6 is 11.3 Å². The normalized spacial score (nSPS) is 16.2. The van der Waals surface area contributed by atoms with Crippen LogP contribution in [-0.2, 0) is 14.3 Å². The van der Waals surface area contributed by atoms with Crippen molar-refractivity contribution >= 4 is 39.5 Å². The maximum absolute atomic E-state index is 13.3. The van der Waals surface area contributed by atoms with Gasteiger partial charge in [0.1, 0.15) is 5.70 Å². The van der Waals surface area contributed by atoms with E-state index in [4.69, 9.17) is 4.74 Å². The summed E-state index contributed by atoms with van der Waals surface area (Å²) in [6.07, 6.45) is 1.63. The van der Waals surface area contributed by atoms with Crippen LogP contribution in [0.15, 0.2) is 83.7 Å². The van der Waals surface area contributed by atoms with Gasteiger partial charge in [-0.3, -0.25) is 4.79 Å². The number of fused-ring (bicyclic) bond motifs is 1. The number of ether oxygens (including phenoxy) is 1. The van der Waals surface area contributed by atoms with Gasteiger partial charge in [0.2, 0.25) is 0 Å². The van der Waals surface area contributed by atoms with Crippen LogP contribution in [0.25, 0.3) is 11.1 Å². The summed E-state index contributed by atoms with van der Waals surface area (Å²) >= 11 is 1.33. The highest BCUT2D eigenvalue weighted by Gasteiger charge is 2.47. The van der Waals surface area contributed by atoms with E-state index in [1.54, 1.807) is 11.6 Å². The first-order valence-corrected chi connectivity index (χ1v) is 9.19. The zero-order valence-corrected chi connectivity index (χ0v) is 14.8. The summed E-state index contributed by atoms with van der Waals surface area (Å²) in [7, 11) is 0. The predicted molar refractivity (Wildman–Crippen MR) is 102 cm³/mol. The molecule has 0 N–H and O–H groups in total. The third-order valence-electron chi connectivity index (χ3n) is 4.45. The molecular formula is C21H12N2O3S. The fourth-order valence-corrected chi connectivity index (χ4v) is 3.97. The Labute approximate surface area is 158 Å². The minimum absolute atomic E-state index is 0.248. The van der Waals surface area contributed by atoms with E-state index in [0.717, 1.165) is 0 Å². The Morgan fingerprint density at radius 1 is 0.852 bits per heavy atom. The lowest BCUT2D eigenvalue weighted by Gasteiger charge is -2.15. The average molecular weight is 372 g/mol. The van der Waals surface area contributed by atoms with Crippen LogP contribution in [0.4, 0.5) is 5.13 Å². The maximum atomic E-state index is 13.3. The van der Waals surface area contributed by atoms with Gasteiger partial charge in [-0.1, -0.05) is 60.7 Å². The van der Waals surface area contributed by atoms with E-state index >= 15 is 0 Å². The van der Waals surface area contributed by atoms with Crippen LogP contribution in [0, 0.1) is 0 Å². The molecule has 3 heterocycles. The minimum Gasteiger partial charge on any atom is -0.420 e. The number of carbonyl (C=O) groups excluding carboxylic acids is 2. The maximum Gasteiger partial charge on any atom is 0.346 e. The topological polar surface area (TPSA) is 59.5 Å². The molecule has 3 aromatic rings. The van der Waals surface area contributed by atoms with Crippen LogP contribution in [0.2, 0.25) is 0 Å². The lowest BCUT2D eigenvalue weighted by Crippen LogP contribution is -2.25. The van der Waals surface area contributed by atoms with Crippen LogP contribution in [0.5, 0.6) is 0 Å². The molecule has 0 spiro atoms. The monoisotopic (exact) mass is 372 g/mol. The molecule has 2 aliphatic heterocycles. The Morgan fingerprint density at radius 3 is 2.07 bits per heavy atom. The Morgan fingerprint density at radius 2 is 1.48 bits per heavy atom. The highest BCUT2D eigenvalue weighted by Crippen LogP contribution is 2.47. The fraction of sp³-hybridized carbons (Fsp3) is 0. The van der Waals surface area contributed by atoms with Crippen LogP contribution in [0.1, 0.15) is 11.1 Å². The zero-order chi connectivity index (χ0) is 18.4. The smallest absolute Gasteiger partial charge is 0.346 e.